The van der Waals surface area contributed by atoms with Crippen LogP contribution in [0.25, 0.3) is 0 Å². The summed E-state index contributed by atoms with van der Waals surface area (Å²) in [6, 6.07) is -0.538. The number of nitrogens with one attached hydrogen (secondary N) is 1. The van der Waals surface area contributed by atoms with E-state index in [9.17, 15) is 19.8 Å². The van der Waals surface area contributed by atoms with Crippen molar-refractivity contribution in [2.75, 3.05) is 13.2 Å². The second-order valence-electron chi connectivity index (χ2n) is 26.3. The third kappa shape index (κ3) is 69.3. The summed E-state index contributed by atoms with van der Waals surface area (Å²) in [6.07, 6.45) is 92.7. The quantitative estimate of drug-likeness (QED) is 0.0320. The molecule has 83 heavy (non-hydrogen) atoms. The third-order valence-electron chi connectivity index (χ3n) is 18.0. The number of esters is 1. The zero-order valence-corrected chi connectivity index (χ0v) is 56.5. The van der Waals surface area contributed by atoms with Crippen molar-refractivity contribution in [3.8, 4) is 0 Å². The highest BCUT2D eigenvalue weighted by Crippen LogP contribution is 2.20. The van der Waals surface area contributed by atoms with Gasteiger partial charge in [-0.25, -0.2) is 0 Å². The van der Waals surface area contributed by atoms with E-state index >= 15 is 0 Å². The lowest BCUT2D eigenvalue weighted by Gasteiger charge is -2.22. The Morgan fingerprint density at radius 2 is 0.602 bits per heavy atom. The van der Waals surface area contributed by atoms with Gasteiger partial charge in [-0.1, -0.05) is 385 Å². The van der Waals surface area contributed by atoms with Gasteiger partial charge in [0.1, 0.15) is 0 Å². The molecule has 2 atom stereocenters. The zero-order valence-electron chi connectivity index (χ0n) is 56.5. The van der Waals surface area contributed by atoms with Crippen LogP contribution in [0, 0.1) is 0 Å². The van der Waals surface area contributed by atoms with Crippen LogP contribution < -0.4 is 5.32 Å². The van der Waals surface area contributed by atoms with Crippen molar-refractivity contribution in [2.45, 2.75) is 443 Å². The summed E-state index contributed by atoms with van der Waals surface area (Å²) in [7, 11) is 0. The average Bonchev–Trinajstić information content (AvgIpc) is 3.49. The lowest BCUT2D eigenvalue weighted by Crippen LogP contribution is -2.45. The largest absolute Gasteiger partial charge is 0.466 e. The lowest BCUT2D eigenvalue weighted by molar-refractivity contribution is -0.143. The Labute approximate surface area is 520 Å². The Kier molecular flexibility index (Phi) is 71.4. The highest BCUT2D eigenvalue weighted by Gasteiger charge is 2.20. The Morgan fingerprint density at radius 3 is 0.916 bits per heavy atom. The Balaban J connectivity index is 3.32. The van der Waals surface area contributed by atoms with Gasteiger partial charge in [-0.2, -0.15) is 0 Å². The molecular weight excluding hydrogens is 1020 g/mol. The number of carbonyl (C=O) groups excluding carboxylic acids is 2. The van der Waals surface area contributed by atoms with Gasteiger partial charge in [0.05, 0.1) is 25.4 Å². The molecule has 0 rings (SSSR count). The van der Waals surface area contributed by atoms with Crippen molar-refractivity contribution in [2.24, 2.45) is 0 Å². The molecule has 2 unspecified atom stereocenters. The van der Waals surface area contributed by atoms with Crippen LogP contribution in [0.3, 0.4) is 0 Å². The molecule has 6 heteroatoms. The summed E-state index contributed by atoms with van der Waals surface area (Å²) in [5.74, 6) is -0.00606. The van der Waals surface area contributed by atoms with Gasteiger partial charge >= 0.3 is 5.97 Å². The molecule has 3 N–H and O–H groups in total. The van der Waals surface area contributed by atoms with Crippen molar-refractivity contribution >= 4 is 11.9 Å². The second-order valence-corrected chi connectivity index (χ2v) is 26.3. The van der Waals surface area contributed by atoms with Crippen molar-refractivity contribution in [3.05, 3.63) is 24.3 Å². The van der Waals surface area contributed by atoms with Gasteiger partial charge in [-0.3, -0.25) is 9.59 Å². The van der Waals surface area contributed by atoms with Crippen molar-refractivity contribution < 1.29 is 24.5 Å². The number of ether oxygens (including phenoxy) is 1. The van der Waals surface area contributed by atoms with E-state index in [-0.39, 0.29) is 18.5 Å². The lowest BCUT2D eigenvalue weighted by atomic mass is 10.0. The van der Waals surface area contributed by atoms with Gasteiger partial charge in [-0.05, 0) is 57.8 Å². The van der Waals surface area contributed by atoms with Gasteiger partial charge in [0.25, 0.3) is 0 Å². The minimum Gasteiger partial charge on any atom is -0.466 e. The van der Waals surface area contributed by atoms with E-state index in [4.69, 9.17) is 4.74 Å². The number of hydrogen-bond donors (Lipinski definition) is 3. The number of rotatable bonds is 72. The van der Waals surface area contributed by atoms with Crippen molar-refractivity contribution in [1.82, 2.24) is 5.32 Å². The zero-order chi connectivity index (χ0) is 59.9. The van der Waals surface area contributed by atoms with Gasteiger partial charge in [-0.15, -0.1) is 0 Å². The topological polar surface area (TPSA) is 95.9 Å². The Morgan fingerprint density at radius 1 is 0.337 bits per heavy atom. The molecule has 0 fully saturated rings. The highest BCUT2D eigenvalue weighted by atomic mass is 16.5. The minimum atomic E-state index is -0.661. The molecule has 0 aliphatic carbocycles. The maximum absolute atomic E-state index is 12.5. The monoisotopic (exact) mass is 1170 g/mol. The summed E-state index contributed by atoms with van der Waals surface area (Å²) in [5.41, 5.74) is 0. The summed E-state index contributed by atoms with van der Waals surface area (Å²) < 4.78 is 5.50. The van der Waals surface area contributed by atoms with Gasteiger partial charge < -0.3 is 20.3 Å². The molecule has 0 saturated heterocycles. The number of carbonyl (C=O) groups is 2. The van der Waals surface area contributed by atoms with E-state index in [1.54, 1.807) is 0 Å². The van der Waals surface area contributed by atoms with Crippen LogP contribution in [0.15, 0.2) is 24.3 Å². The molecule has 0 aromatic rings. The molecule has 0 bridgehead atoms. The molecule has 0 aromatic heterocycles. The first kappa shape index (κ1) is 81.3. The van der Waals surface area contributed by atoms with Gasteiger partial charge in [0, 0.05) is 12.8 Å². The van der Waals surface area contributed by atoms with E-state index in [2.05, 4.69) is 43.5 Å². The number of aliphatic hydroxyl groups is 2. The summed E-state index contributed by atoms with van der Waals surface area (Å²) in [6.45, 7) is 4.99. The van der Waals surface area contributed by atoms with E-state index in [0.29, 0.717) is 25.9 Å². The summed E-state index contributed by atoms with van der Waals surface area (Å²) in [4.78, 5) is 24.6. The molecule has 0 spiro atoms. The number of allylic oxidation sites excluding steroid dienone is 4. The number of unbranched alkanes of at least 4 members (excludes halogenated alkanes) is 57. The first-order chi connectivity index (χ1) is 41.0. The third-order valence-corrected chi connectivity index (χ3v) is 18.0. The van der Waals surface area contributed by atoms with Crippen LogP contribution >= 0.6 is 0 Å². The first-order valence-corrected chi connectivity index (χ1v) is 38.1. The fourth-order valence-electron chi connectivity index (χ4n) is 12.2. The van der Waals surface area contributed by atoms with Crippen LogP contribution in [-0.2, 0) is 14.3 Å². The average molecular weight is 1170 g/mol. The fraction of sp³-hybridized carbons (Fsp3) is 0.922. The Bertz CT molecular complexity index is 1300. The first-order valence-electron chi connectivity index (χ1n) is 38.1. The molecule has 0 aromatic carbocycles. The van der Waals surface area contributed by atoms with Crippen LogP contribution in [0.2, 0.25) is 0 Å². The second kappa shape index (κ2) is 72.8. The van der Waals surface area contributed by atoms with Crippen LogP contribution in [0.5, 0.6) is 0 Å². The maximum atomic E-state index is 12.5. The van der Waals surface area contributed by atoms with E-state index < -0.39 is 12.1 Å². The SMILES string of the molecule is CCCCCCCCCCCCCCCCCC(=O)OCCCCCCCCCCCCCCCCC/C=C\C/C=C\CCCCCCCCCCCCCCCCCCCC(=O)NC(CO)C(O)CCCCCCCCCCCCCC. The predicted octanol–water partition coefficient (Wildman–Crippen LogP) is 24.9. The smallest absolute Gasteiger partial charge is 0.305 e. The number of aliphatic hydroxyl groups excluding tert-OH is 2. The van der Waals surface area contributed by atoms with Gasteiger partial charge in [0.2, 0.25) is 5.91 Å². The molecule has 1 amide bonds. The number of hydrogen-bond acceptors (Lipinski definition) is 5. The fourth-order valence-corrected chi connectivity index (χ4v) is 12.2. The molecule has 0 aliphatic heterocycles. The van der Waals surface area contributed by atoms with Crippen molar-refractivity contribution in [1.29, 1.82) is 0 Å². The van der Waals surface area contributed by atoms with E-state index in [1.807, 2.05) is 0 Å². The summed E-state index contributed by atoms with van der Waals surface area (Å²) >= 11 is 0. The minimum absolute atomic E-state index is 0.0240. The van der Waals surface area contributed by atoms with Gasteiger partial charge in [0.15, 0.2) is 0 Å². The van der Waals surface area contributed by atoms with Crippen LogP contribution in [-0.4, -0.2) is 47.4 Å². The van der Waals surface area contributed by atoms with Crippen molar-refractivity contribution in [3.63, 3.8) is 0 Å². The van der Waals surface area contributed by atoms with Crippen LogP contribution in [0.1, 0.15) is 431 Å². The molecule has 0 heterocycles. The molecule has 0 aliphatic rings. The molecule has 0 saturated carbocycles. The predicted molar refractivity (Wildman–Crippen MR) is 366 cm³/mol. The van der Waals surface area contributed by atoms with E-state index in [0.717, 1.165) is 44.9 Å². The van der Waals surface area contributed by atoms with Crippen LogP contribution in [0.4, 0.5) is 0 Å². The molecular formula is C77H149NO5. The standard InChI is InChI=1S/C77H149NO5/c1-3-5-7-9-11-13-15-17-43-47-51-55-59-63-67-71-77(82)83-72-68-64-60-56-52-48-45-42-40-38-36-34-32-30-28-26-24-22-20-18-19-21-23-25-27-29-31-33-35-37-39-41-44-46-50-54-58-62-66-70-76(81)78-74(73-79)75(80)69-65-61-57-53-49-16-14-12-10-8-6-4-2/h18-19,22,24,74-75,79-80H,3-17,20-21,23,25-73H2,1-2H3,(H,78,81)/b19-18-,24-22-. The van der Waals surface area contributed by atoms with E-state index in [1.165, 1.54) is 353 Å². The molecule has 492 valence electrons. The number of amides is 1. The molecule has 0 radical (unpaired) electrons. The normalized spacial score (nSPS) is 12.6. The summed E-state index contributed by atoms with van der Waals surface area (Å²) in [5, 5.41) is 23.3. The highest BCUT2D eigenvalue weighted by molar-refractivity contribution is 5.76. The molecule has 6 nitrogen and oxygen atoms in total. The Hall–Kier alpha value is -1.66. The maximum Gasteiger partial charge on any atom is 0.305 e.